The number of hydrogen-bond donors (Lipinski definition) is 0. The van der Waals surface area contributed by atoms with Crippen LogP contribution in [0.2, 0.25) is 0 Å². The van der Waals surface area contributed by atoms with E-state index in [1.165, 1.54) is 27.1 Å². The molecule has 0 aromatic heterocycles. The standard InChI is InChI=1S/C33H34N2O2/c1-24(2)33(23-34,27-16-17-31(36-4)32(21-27)37-5)18-10-11-19-35(3)22-30-28-14-8-6-12-25(28)20-26-13-7-9-15-29(26)30/h6-9,12-17,20-21,24H,18-19,22H2,1-5H3. The Morgan fingerprint density at radius 3 is 2.03 bits per heavy atom. The summed E-state index contributed by atoms with van der Waals surface area (Å²) in [6, 6.07) is 27.7. The van der Waals surface area contributed by atoms with Crippen molar-refractivity contribution < 1.29 is 9.47 Å². The Hall–Kier alpha value is -3.99. The van der Waals surface area contributed by atoms with Crippen molar-refractivity contribution in [3.63, 3.8) is 0 Å². The molecule has 37 heavy (non-hydrogen) atoms. The number of nitriles is 1. The molecule has 0 fully saturated rings. The van der Waals surface area contributed by atoms with Crippen molar-refractivity contribution in [1.82, 2.24) is 4.90 Å². The van der Waals surface area contributed by atoms with Crippen molar-refractivity contribution in [2.75, 3.05) is 27.8 Å². The average Bonchev–Trinajstić information content (AvgIpc) is 2.92. The molecule has 1 unspecified atom stereocenters. The van der Waals surface area contributed by atoms with Gasteiger partial charge in [-0.2, -0.15) is 5.26 Å². The van der Waals surface area contributed by atoms with Gasteiger partial charge in [-0.05, 0) is 63.8 Å². The van der Waals surface area contributed by atoms with E-state index in [0.29, 0.717) is 24.5 Å². The van der Waals surface area contributed by atoms with Gasteiger partial charge in [0, 0.05) is 13.0 Å². The molecule has 4 aromatic carbocycles. The van der Waals surface area contributed by atoms with Crippen molar-refractivity contribution in [2.24, 2.45) is 5.92 Å². The molecule has 0 radical (unpaired) electrons. The topological polar surface area (TPSA) is 45.5 Å². The Morgan fingerprint density at radius 2 is 1.46 bits per heavy atom. The van der Waals surface area contributed by atoms with Crippen molar-refractivity contribution in [1.29, 1.82) is 5.26 Å². The highest BCUT2D eigenvalue weighted by molar-refractivity contribution is 6.02. The molecule has 0 N–H and O–H groups in total. The maximum Gasteiger partial charge on any atom is 0.161 e. The first-order valence-electron chi connectivity index (χ1n) is 12.6. The zero-order chi connectivity index (χ0) is 26.4. The third-order valence-electron chi connectivity index (χ3n) is 7.24. The average molecular weight is 491 g/mol. The number of fused-ring (bicyclic) bond motifs is 2. The maximum atomic E-state index is 10.3. The van der Waals surface area contributed by atoms with Crippen LogP contribution < -0.4 is 9.47 Å². The zero-order valence-corrected chi connectivity index (χ0v) is 22.3. The summed E-state index contributed by atoms with van der Waals surface area (Å²) < 4.78 is 10.9. The molecule has 0 aliphatic rings. The van der Waals surface area contributed by atoms with E-state index >= 15 is 0 Å². The van der Waals surface area contributed by atoms with Crippen LogP contribution in [0.1, 0.15) is 31.4 Å². The fourth-order valence-corrected chi connectivity index (χ4v) is 4.98. The quantitative estimate of drug-likeness (QED) is 0.198. The second-order valence-corrected chi connectivity index (χ2v) is 9.81. The minimum Gasteiger partial charge on any atom is -0.493 e. The summed E-state index contributed by atoms with van der Waals surface area (Å²) >= 11 is 0. The smallest absolute Gasteiger partial charge is 0.161 e. The number of benzene rings is 4. The fraction of sp³-hybridized carbons (Fsp3) is 0.303. The monoisotopic (exact) mass is 490 g/mol. The molecular weight excluding hydrogens is 456 g/mol. The van der Waals surface area contributed by atoms with E-state index in [4.69, 9.17) is 9.47 Å². The van der Waals surface area contributed by atoms with Gasteiger partial charge in [0.1, 0.15) is 0 Å². The second-order valence-electron chi connectivity index (χ2n) is 9.81. The van der Waals surface area contributed by atoms with Crippen LogP contribution in [-0.4, -0.2) is 32.7 Å². The van der Waals surface area contributed by atoms with Crippen LogP contribution in [0.5, 0.6) is 11.5 Å². The Morgan fingerprint density at radius 1 is 0.838 bits per heavy atom. The first-order chi connectivity index (χ1) is 17.9. The van der Waals surface area contributed by atoms with Crippen molar-refractivity contribution in [3.8, 4) is 29.4 Å². The van der Waals surface area contributed by atoms with Gasteiger partial charge < -0.3 is 9.47 Å². The molecule has 188 valence electrons. The molecular formula is C33H34N2O2. The van der Waals surface area contributed by atoms with Crippen molar-refractivity contribution >= 4 is 21.5 Å². The lowest BCUT2D eigenvalue weighted by molar-refractivity contribution is 0.350. The van der Waals surface area contributed by atoms with Gasteiger partial charge in [-0.25, -0.2) is 0 Å². The van der Waals surface area contributed by atoms with Crippen molar-refractivity contribution in [2.45, 2.75) is 32.2 Å². The van der Waals surface area contributed by atoms with E-state index in [9.17, 15) is 5.26 Å². The SMILES string of the molecule is COc1ccc(C(C#N)(CC#CCN(C)Cc2c3ccccc3cc3ccccc23)C(C)C)cc1OC. The predicted molar refractivity (Wildman–Crippen MR) is 152 cm³/mol. The summed E-state index contributed by atoms with van der Waals surface area (Å²) in [7, 11) is 5.32. The highest BCUT2D eigenvalue weighted by atomic mass is 16.5. The number of ether oxygens (including phenoxy) is 2. The van der Waals surface area contributed by atoms with Crippen LogP contribution in [0.3, 0.4) is 0 Å². The second kappa shape index (κ2) is 11.4. The lowest BCUT2D eigenvalue weighted by Gasteiger charge is -2.30. The van der Waals surface area contributed by atoms with Crippen LogP contribution >= 0.6 is 0 Å². The zero-order valence-electron chi connectivity index (χ0n) is 22.3. The fourth-order valence-electron chi connectivity index (χ4n) is 4.98. The number of rotatable bonds is 8. The first-order valence-corrected chi connectivity index (χ1v) is 12.6. The van der Waals surface area contributed by atoms with Crippen LogP contribution in [0.4, 0.5) is 0 Å². The van der Waals surface area contributed by atoms with Crippen LogP contribution in [0, 0.1) is 29.1 Å². The summed E-state index contributed by atoms with van der Waals surface area (Å²) in [5.41, 5.74) is 1.47. The molecule has 0 bridgehead atoms. The molecule has 4 rings (SSSR count). The molecule has 4 aromatic rings. The van der Waals surface area contributed by atoms with Gasteiger partial charge in [0.15, 0.2) is 11.5 Å². The normalized spacial score (nSPS) is 12.7. The van der Waals surface area contributed by atoms with E-state index in [0.717, 1.165) is 12.1 Å². The minimum absolute atomic E-state index is 0.0738. The van der Waals surface area contributed by atoms with Crippen molar-refractivity contribution in [3.05, 3.63) is 83.9 Å². The highest BCUT2D eigenvalue weighted by Crippen LogP contribution is 2.39. The summed E-state index contributed by atoms with van der Waals surface area (Å²) in [5, 5.41) is 15.3. The predicted octanol–water partition coefficient (Wildman–Crippen LogP) is 6.95. The Balaban J connectivity index is 1.56. The van der Waals surface area contributed by atoms with Gasteiger partial charge in [0.25, 0.3) is 0 Å². The van der Waals surface area contributed by atoms with Crippen LogP contribution in [0.15, 0.2) is 72.8 Å². The summed E-state index contributed by atoms with van der Waals surface area (Å²) in [6.07, 6.45) is 0.446. The number of nitrogens with zero attached hydrogens (tertiary/aromatic N) is 2. The summed E-state index contributed by atoms with van der Waals surface area (Å²) in [6.45, 7) is 5.54. The van der Waals surface area contributed by atoms with E-state index < -0.39 is 5.41 Å². The molecule has 0 amide bonds. The Labute approximate surface area is 220 Å². The summed E-state index contributed by atoms with van der Waals surface area (Å²) in [5.74, 6) is 8.01. The molecule has 4 nitrogen and oxygen atoms in total. The van der Waals surface area contributed by atoms with Gasteiger partial charge >= 0.3 is 0 Å². The Kier molecular flexibility index (Phi) is 8.02. The largest absolute Gasteiger partial charge is 0.493 e. The molecule has 0 aliphatic heterocycles. The lowest BCUT2D eigenvalue weighted by atomic mass is 9.70. The Bertz CT molecular complexity index is 1450. The van der Waals surface area contributed by atoms with Gasteiger partial charge in [0.2, 0.25) is 0 Å². The molecule has 0 saturated heterocycles. The van der Waals surface area contributed by atoms with Crippen LogP contribution in [0.25, 0.3) is 21.5 Å². The minimum atomic E-state index is -0.739. The molecule has 0 heterocycles. The first kappa shape index (κ1) is 26.1. The third kappa shape index (κ3) is 5.26. The highest BCUT2D eigenvalue weighted by Gasteiger charge is 2.36. The van der Waals surface area contributed by atoms with Crippen LogP contribution in [-0.2, 0) is 12.0 Å². The third-order valence-corrected chi connectivity index (χ3v) is 7.24. The van der Waals surface area contributed by atoms with E-state index in [1.807, 2.05) is 18.2 Å². The van der Waals surface area contributed by atoms with E-state index in [2.05, 4.69) is 98.3 Å². The molecule has 4 heteroatoms. The van der Waals surface area contributed by atoms with Gasteiger partial charge in [-0.3, -0.25) is 4.90 Å². The molecule has 0 spiro atoms. The van der Waals surface area contributed by atoms with Gasteiger partial charge in [-0.15, -0.1) is 0 Å². The van der Waals surface area contributed by atoms with Gasteiger partial charge in [-0.1, -0.05) is 80.3 Å². The van der Waals surface area contributed by atoms with Gasteiger partial charge in [0.05, 0.1) is 32.2 Å². The number of methoxy groups -OCH3 is 2. The van der Waals surface area contributed by atoms with E-state index in [1.54, 1.807) is 14.2 Å². The van der Waals surface area contributed by atoms with E-state index in [-0.39, 0.29) is 5.92 Å². The molecule has 0 saturated carbocycles. The molecule has 0 aliphatic carbocycles. The molecule has 1 atom stereocenters. The summed E-state index contributed by atoms with van der Waals surface area (Å²) in [4.78, 5) is 2.24. The lowest BCUT2D eigenvalue weighted by Crippen LogP contribution is -2.30. The number of hydrogen-bond acceptors (Lipinski definition) is 4. The maximum absolute atomic E-state index is 10.3.